The maximum Gasteiger partial charge on any atom is 0.122 e. The van der Waals surface area contributed by atoms with Gasteiger partial charge in [0.1, 0.15) is 5.75 Å². The Balaban J connectivity index is 2.39. The van der Waals surface area contributed by atoms with Crippen LogP contribution in [-0.2, 0) is 6.42 Å². The predicted molar refractivity (Wildman–Crippen MR) is 91.2 cm³/mol. The Kier molecular flexibility index (Phi) is 7.20. The van der Waals surface area contributed by atoms with Gasteiger partial charge in [-0.25, -0.2) is 0 Å². The molecule has 0 saturated heterocycles. The molecular formula is C18H32N2O. The van der Waals surface area contributed by atoms with Crippen LogP contribution in [0, 0.1) is 0 Å². The molecule has 0 amide bonds. The van der Waals surface area contributed by atoms with E-state index in [4.69, 9.17) is 4.74 Å². The van der Waals surface area contributed by atoms with E-state index in [1.807, 2.05) is 12.1 Å². The van der Waals surface area contributed by atoms with Crippen LogP contribution < -0.4 is 10.1 Å². The fraction of sp³-hybridized carbons (Fsp3) is 0.667. The van der Waals surface area contributed by atoms with Crippen molar-refractivity contribution in [1.82, 2.24) is 10.2 Å². The van der Waals surface area contributed by atoms with Crippen molar-refractivity contribution in [2.75, 3.05) is 27.2 Å². The molecule has 0 aliphatic heterocycles. The van der Waals surface area contributed by atoms with E-state index >= 15 is 0 Å². The highest BCUT2D eigenvalue weighted by Gasteiger charge is 2.13. The summed E-state index contributed by atoms with van der Waals surface area (Å²) in [4.78, 5) is 2.43. The van der Waals surface area contributed by atoms with Crippen LogP contribution in [0.5, 0.6) is 5.75 Å². The zero-order valence-electron chi connectivity index (χ0n) is 14.6. The molecule has 1 unspecified atom stereocenters. The molecule has 0 fully saturated rings. The summed E-state index contributed by atoms with van der Waals surface area (Å²) in [6.45, 7) is 11.1. The maximum atomic E-state index is 5.43. The molecule has 1 aromatic carbocycles. The summed E-state index contributed by atoms with van der Waals surface area (Å²) in [6.07, 6.45) is 2.19. The van der Waals surface area contributed by atoms with E-state index in [1.165, 1.54) is 12.0 Å². The summed E-state index contributed by atoms with van der Waals surface area (Å²) in [6, 6.07) is 8.81. The Bertz CT molecular complexity index is 412. The minimum atomic E-state index is 0.210. The van der Waals surface area contributed by atoms with E-state index in [1.54, 1.807) is 7.11 Å². The summed E-state index contributed by atoms with van der Waals surface area (Å²) < 4.78 is 5.43. The Morgan fingerprint density at radius 3 is 2.52 bits per heavy atom. The third-order valence-corrected chi connectivity index (χ3v) is 3.80. The van der Waals surface area contributed by atoms with Crippen LogP contribution in [0.15, 0.2) is 24.3 Å². The summed E-state index contributed by atoms with van der Waals surface area (Å²) >= 11 is 0. The molecule has 0 aliphatic rings. The monoisotopic (exact) mass is 292 g/mol. The topological polar surface area (TPSA) is 24.5 Å². The molecule has 1 rings (SSSR count). The third-order valence-electron chi connectivity index (χ3n) is 3.80. The van der Waals surface area contributed by atoms with Gasteiger partial charge in [-0.05, 0) is 72.3 Å². The lowest BCUT2D eigenvalue weighted by Gasteiger charge is -2.26. The van der Waals surface area contributed by atoms with Crippen LogP contribution in [0.25, 0.3) is 0 Å². The fourth-order valence-electron chi connectivity index (χ4n) is 2.36. The van der Waals surface area contributed by atoms with Crippen molar-refractivity contribution in [2.45, 2.75) is 52.1 Å². The Labute approximate surface area is 130 Å². The third kappa shape index (κ3) is 6.96. The second kappa shape index (κ2) is 8.40. The van der Waals surface area contributed by atoms with Gasteiger partial charge < -0.3 is 15.0 Å². The molecule has 1 aromatic rings. The average molecular weight is 292 g/mol. The quantitative estimate of drug-likeness (QED) is 0.744. The SMILES string of the molecule is COc1ccccc1CC(C)N(C)CCCNC(C)(C)C. The standard InChI is InChI=1S/C18H32N2O/c1-15(14-16-10-7-8-11-17(16)21-6)20(5)13-9-12-19-18(2,3)4/h7-8,10-11,15,19H,9,12-14H2,1-6H3. The van der Waals surface area contributed by atoms with Gasteiger partial charge in [0.05, 0.1) is 7.11 Å². The lowest BCUT2D eigenvalue weighted by atomic mass is 10.0. The van der Waals surface area contributed by atoms with Crippen LogP contribution in [0.3, 0.4) is 0 Å². The normalized spacial score (nSPS) is 13.5. The summed E-state index contributed by atoms with van der Waals surface area (Å²) in [5.41, 5.74) is 1.49. The van der Waals surface area contributed by atoms with Gasteiger partial charge in [0, 0.05) is 11.6 Å². The first kappa shape index (κ1) is 18.0. The van der Waals surface area contributed by atoms with E-state index in [0.717, 1.165) is 25.3 Å². The molecule has 0 heterocycles. The molecule has 0 bridgehead atoms. The number of rotatable bonds is 8. The number of hydrogen-bond acceptors (Lipinski definition) is 3. The van der Waals surface area contributed by atoms with Gasteiger partial charge in [-0.1, -0.05) is 18.2 Å². The maximum absolute atomic E-state index is 5.43. The summed E-state index contributed by atoms with van der Waals surface area (Å²) in [5.74, 6) is 0.993. The predicted octanol–water partition coefficient (Wildman–Crippen LogP) is 3.34. The first-order valence-electron chi connectivity index (χ1n) is 7.90. The number of likely N-dealkylation sites (N-methyl/N-ethyl adjacent to an activating group) is 1. The van der Waals surface area contributed by atoms with E-state index in [9.17, 15) is 0 Å². The molecule has 120 valence electrons. The minimum absolute atomic E-state index is 0.210. The van der Waals surface area contributed by atoms with Gasteiger partial charge in [-0.3, -0.25) is 0 Å². The molecular weight excluding hydrogens is 260 g/mol. The van der Waals surface area contributed by atoms with E-state index in [-0.39, 0.29) is 5.54 Å². The molecule has 0 spiro atoms. The van der Waals surface area contributed by atoms with Crippen LogP contribution in [0.4, 0.5) is 0 Å². The minimum Gasteiger partial charge on any atom is -0.496 e. The lowest BCUT2D eigenvalue weighted by Crippen LogP contribution is -2.38. The number of nitrogens with zero attached hydrogens (tertiary/aromatic N) is 1. The molecule has 21 heavy (non-hydrogen) atoms. The first-order valence-corrected chi connectivity index (χ1v) is 7.90. The zero-order valence-corrected chi connectivity index (χ0v) is 14.6. The lowest BCUT2D eigenvalue weighted by molar-refractivity contribution is 0.247. The molecule has 3 heteroatoms. The van der Waals surface area contributed by atoms with Crippen molar-refractivity contribution in [3.63, 3.8) is 0 Å². The van der Waals surface area contributed by atoms with Crippen molar-refractivity contribution in [3.05, 3.63) is 29.8 Å². The Hall–Kier alpha value is -1.06. The van der Waals surface area contributed by atoms with Gasteiger partial charge in [0.15, 0.2) is 0 Å². The van der Waals surface area contributed by atoms with Gasteiger partial charge in [0.25, 0.3) is 0 Å². The molecule has 0 radical (unpaired) electrons. The summed E-state index contributed by atoms with van der Waals surface area (Å²) in [5, 5.41) is 3.54. The Morgan fingerprint density at radius 2 is 1.90 bits per heavy atom. The van der Waals surface area contributed by atoms with Gasteiger partial charge in [0.2, 0.25) is 0 Å². The zero-order chi connectivity index (χ0) is 15.9. The molecule has 0 aliphatic carbocycles. The molecule has 0 aromatic heterocycles. The average Bonchev–Trinajstić information content (AvgIpc) is 2.42. The smallest absolute Gasteiger partial charge is 0.122 e. The fourth-order valence-corrected chi connectivity index (χ4v) is 2.36. The highest BCUT2D eigenvalue weighted by molar-refractivity contribution is 5.33. The van der Waals surface area contributed by atoms with Crippen molar-refractivity contribution in [3.8, 4) is 5.75 Å². The number of nitrogens with one attached hydrogen (secondary N) is 1. The van der Waals surface area contributed by atoms with E-state index < -0.39 is 0 Å². The number of methoxy groups -OCH3 is 1. The summed E-state index contributed by atoms with van der Waals surface area (Å²) in [7, 11) is 3.95. The molecule has 0 saturated carbocycles. The van der Waals surface area contributed by atoms with Gasteiger partial charge >= 0.3 is 0 Å². The van der Waals surface area contributed by atoms with Crippen LogP contribution in [-0.4, -0.2) is 43.7 Å². The van der Waals surface area contributed by atoms with Crippen molar-refractivity contribution < 1.29 is 4.74 Å². The highest BCUT2D eigenvalue weighted by atomic mass is 16.5. The van der Waals surface area contributed by atoms with E-state index in [2.05, 4.69) is 57.1 Å². The van der Waals surface area contributed by atoms with Crippen molar-refractivity contribution in [1.29, 1.82) is 0 Å². The van der Waals surface area contributed by atoms with Crippen molar-refractivity contribution in [2.24, 2.45) is 0 Å². The number of ether oxygens (including phenoxy) is 1. The number of benzene rings is 1. The van der Waals surface area contributed by atoms with Crippen molar-refractivity contribution >= 4 is 0 Å². The number of para-hydroxylation sites is 1. The molecule has 3 nitrogen and oxygen atoms in total. The van der Waals surface area contributed by atoms with Crippen LogP contribution in [0.1, 0.15) is 39.7 Å². The highest BCUT2D eigenvalue weighted by Crippen LogP contribution is 2.20. The second-order valence-corrected chi connectivity index (χ2v) is 6.88. The molecule has 1 N–H and O–H groups in total. The first-order chi connectivity index (χ1) is 9.83. The van der Waals surface area contributed by atoms with Crippen LogP contribution in [0.2, 0.25) is 0 Å². The largest absolute Gasteiger partial charge is 0.496 e. The van der Waals surface area contributed by atoms with Gasteiger partial charge in [-0.15, -0.1) is 0 Å². The van der Waals surface area contributed by atoms with E-state index in [0.29, 0.717) is 6.04 Å². The second-order valence-electron chi connectivity index (χ2n) is 6.88. The van der Waals surface area contributed by atoms with Crippen LogP contribution >= 0.6 is 0 Å². The number of hydrogen-bond donors (Lipinski definition) is 1. The molecule has 1 atom stereocenters. The Morgan fingerprint density at radius 1 is 1.24 bits per heavy atom. The van der Waals surface area contributed by atoms with Gasteiger partial charge in [-0.2, -0.15) is 0 Å².